The molecular formula is C4H3BF2O10S2. The number of esters is 1. The summed E-state index contributed by atoms with van der Waals surface area (Å²) in [4.78, 5) is 21.4. The van der Waals surface area contributed by atoms with Crippen LogP contribution < -0.4 is 0 Å². The second kappa shape index (κ2) is 4.66. The van der Waals surface area contributed by atoms with Gasteiger partial charge in [0.25, 0.3) is 0 Å². The number of carbonyl (C=O) groups is 2. The van der Waals surface area contributed by atoms with Gasteiger partial charge in [0.1, 0.15) is 0 Å². The molecule has 1 heterocycles. The van der Waals surface area contributed by atoms with Crippen LogP contribution in [0, 0.1) is 0 Å². The number of ether oxygens (including phenoxy) is 1. The highest BCUT2D eigenvalue weighted by Crippen LogP contribution is 2.36. The summed E-state index contributed by atoms with van der Waals surface area (Å²) in [6, 6.07) is 0. The number of methoxy groups -OCH3 is 1. The molecule has 108 valence electrons. The van der Waals surface area contributed by atoms with Gasteiger partial charge in [0, 0.05) is 0 Å². The van der Waals surface area contributed by atoms with Gasteiger partial charge in [-0.2, -0.15) is 25.6 Å². The summed E-state index contributed by atoms with van der Waals surface area (Å²) < 4.78 is 78.0. The van der Waals surface area contributed by atoms with Gasteiger partial charge in [-0.3, -0.25) is 8.20 Å². The molecule has 1 aliphatic heterocycles. The molecule has 0 aliphatic carbocycles. The van der Waals surface area contributed by atoms with E-state index < -0.39 is 44.1 Å². The van der Waals surface area contributed by atoms with Crippen LogP contribution >= 0.6 is 0 Å². The summed E-state index contributed by atoms with van der Waals surface area (Å²) >= 11 is 0. The predicted molar refractivity (Wildman–Crippen MR) is 48.8 cm³/mol. The molecule has 0 aromatic rings. The van der Waals surface area contributed by atoms with Gasteiger partial charge in [0.05, 0.1) is 7.11 Å². The van der Waals surface area contributed by atoms with Crippen molar-refractivity contribution in [2.45, 2.75) is 4.59 Å². The van der Waals surface area contributed by atoms with Crippen LogP contribution in [0.2, 0.25) is 0 Å². The smallest absolute Gasteiger partial charge is 0.475 e. The topological polar surface area (TPSA) is 139 Å². The van der Waals surface area contributed by atoms with Gasteiger partial charge in [-0.05, 0) is 0 Å². The van der Waals surface area contributed by atoms with E-state index in [0.29, 0.717) is 0 Å². The van der Waals surface area contributed by atoms with Gasteiger partial charge in [-0.25, -0.2) is 9.59 Å². The first-order valence-electron chi connectivity index (χ1n) is 3.97. The lowest BCUT2D eigenvalue weighted by atomic mass is 10.3. The standard InChI is InChI=1S/C4H3BF2O10S2/c1-14-2(8)3(9)15-5-16-18(10,11)4(6,7)19(12,13)17-5/h1H3. The van der Waals surface area contributed by atoms with Crippen molar-refractivity contribution in [2.24, 2.45) is 0 Å². The zero-order valence-corrected chi connectivity index (χ0v) is 10.4. The van der Waals surface area contributed by atoms with Crippen molar-refractivity contribution in [1.82, 2.24) is 0 Å². The predicted octanol–water partition coefficient (Wildman–Crippen LogP) is -2.06. The minimum Gasteiger partial charge on any atom is -0.475 e. The maximum atomic E-state index is 12.8. The molecule has 0 saturated carbocycles. The number of hydrogen-bond acceptors (Lipinski definition) is 10. The molecule has 10 nitrogen and oxygen atoms in total. The molecule has 0 N–H and O–H groups in total. The Hall–Kier alpha value is -1.32. The van der Waals surface area contributed by atoms with Crippen molar-refractivity contribution < 1.29 is 52.8 Å². The molecule has 0 atom stereocenters. The molecule has 1 aliphatic rings. The Morgan fingerprint density at radius 2 is 1.47 bits per heavy atom. The van der Waals surface area contributed by atoms with Crippen LogP contribution in [0.4, 0.5) is 8.78 Å². The molecule has 1 fully saturated rings. The van der Waals surface area contributed by atoms with Crippen molar-refractivity contribution in [3.63, 3.8) is 0 Å². The van der Waals surface area contributed by atoms with Gasteiger partial charge in [0.15, 0.2) is 0 Å². The Labute approximate surface area is 105 Å². The third-order valence-electron chi connectivity index (χ3n) is 1.55. The SMILES string of the molecule is COC(=O)C(=O)OB1OS(=O)(=O)C(F)(F)S(=O)(=O)O1. The second-order valence-electron chi connectivity index (χ2n) is 2.75. The monoisotopic (exact) mass is 324 g/mol. The van der Waals surface area contributed by atoms with Crippen molar-refractivity contribution in [2.75, 3.05) is 7.11 Å². The molecule has 1 saturated heterocycles. The van der Waals surface area contributed by atoms with Gasteiger partial charge in [-0.1, -0.05) is 0 Å². The molecule has 0 radical (unpaired) electrons. The van der Waals surface area contributed by atoms with E-state index in [0.717, 1.165) is 7.11 Å². The Bertz CT molecular complexity index is 569. The molecule has 0 amide bonds. The Morgan fingerprint density at radius 1 is 1.05 bits per heavy atom. The van der Waals surface area contributed by atoms with E-state index in [9.17, 15) is 35.2 Å². The molecule has 1 rings (SSSR count). The fraction of sp³-hybridized carbons (Fsp3) is 0.500. The van der Waals surface area contributed by atoms with Crippen molar-refractivity contribution in [1.29, 1.82) is 0 Å². The van der Waals surface area contributed by atoms with E-state index in [1.54, 1.807) is 0 Å². The van der Waals surface area contributed by atoms with E-state index in [2.05, 4.69) is 17.6 Å². The van der Waals surface area contributed by atoms with E-state index in [4.69, 9.17) is 0 Å². The molecule has 0 aromatic carbocycles. The summed E-state index contributed by atoms with van der Waals surface area (Å²) in [5, 5.41) is 0. The Balaban J connectivity index is 3.01. The summed E-state index contributed by atoms with van der Waals surface area (Å²) in [5.41, 5.74) is 0. The Morgan fingerprint density at radius 3 is 1.84 bits per heavy atom. The molecule has 0 bridgehead atoms. The van der Waals surface area contributed by atoms with Gasteiger partial charge in [0.2, 0.25) is 0 Å². The lowest BCUT2D eigenvalue weighted by Gasteiger charge is -2.23. The average Bonchev–Trinajstić information content (AvgIpc) is 2.24. The van der Waals surface area contributed by atoms with E-state index in [-0.39, 0.29) is 0 Å². The summed E-state index contributed by atoms with van der Waals surface area (Å²) in [5.74, 6) is -3.58. The average molecular weight is 324 g/mol. The second-order valence-corrected chi connectivity index (χ2v) is 6.23. The van der Waals surface area contributed by atoms with E-state index in [1.165, 1.54) is 0 Å². The summed E-state index contributed by atoms with van der Waals surface area (Å²) in [6.45, 7) is 0. The summed E-state index contributed by atoms with van der Waals surface area (Å²) in [7, 11) is -14.1. The lowest BCUT2D eigenvalue weighted by Crippen LogP contribution is -2.52. The number of alkyl halides is 2. The van der Waals surface area contributed by atoms with Gasteiger partial charge in [-0.15, -0.1) is 0 Å². The minimum atomic E-state index is -5.97. The molecule has 0 spiro atoms. The fourth-order valence-corrected chi connectivity index (χ4v) is 2.80. The van der Waals surface area contributed by atoms with Crippen LogP contribution in [0.15, 0.2) is 0 Å². The molecule has 19 heavy (non-hydrogen) atoms. The van der Waals surface area contributed by atoms with Gasteiger partial charge >= 0.3 is 44.1 Å². The van der Waals surface area contributed by atoms with Crippen LogP contribution in [-0.4, -0.2) is 47.8 Å². The van der Waals surface area contributed by atoms with Crippen LogP contribution in [0.3, 0.4) is 0 Å². The zero-order valence-electron chi connectivity index (χ0n) is 8.73. The quantitative estimate of drug-likeness (QED) is 0.300. The highest BCUT2D eigenvalue weighted by atomic mass is 32.3. The number of hydrogen-bond donors (Lipinski definition) is 0. The fourth-order valence-electron chi connectivity index (χ4n) is 0.718. The third kappa shape index (κ3) is 2.67. The Kier molecular flexibility index (Phi) is 3.86. The van der Waals surface area contributed by atoms with E-state index in [1.807, 2.05) is 0 Å². The third-order valence-corrected chi connectivity index (χ3v) is 4.76. The van der Waals surface area contributed by atoms with Crippen molar-refractivity contribution >= 4 is 39.5 Å². The molecule has 15 heteroatoms. The molecular weight excluding hydrogens is 321 g/mol. The zero-order chi connectivity index (χ0) is 15.1. The molecule has 0 aromatic heterocycles. The highest BCUT2D eigenvalue weighted by Gasteiger charge is 2.68. The van der Waals surface area contributed by atoms with Crippen molar-refractivity contribution in [3.8, 4) is 0 Å². The minimum absolute atomic E-state index is 0.744. The van der Waals surface area contributed by atoms with Crippen molar-refractivity contribution in [3.05, 3.63) is 0 Å². The first-order chi connectivity index (χ1) is 8.44. The van der Waals surface area contributed by atoms with Crippen LogP contribution in [0.5, 0.6) is 0 Å². The summed E-state index contributed by atoms with van der Waals surface area (Å²) in [6.07, 6.45) is 0. The van der Waals surface area contributed by atoms with Crippen LogP contribution in [-0.2, 0) is 47.4 Å². The number of halogens is 2. The number of carbonyl (C=O) groups excluding carboxylic acids is 2. The first-order valence-corrected chi connectivity index (χ1v) is 6.78. The lowest BCUT2D eigenvalue weighted by molar-refractivity contribution is -0.161. The number of rotatable bonds is 1. The van der Waals surface area contributed by atoms with Crippen LogP contribution in [0.25, 0.3) is 0 Å². The maximum Gasteiger partial charge on any atom is 0.746 e. The maximum absolute atomic E-state index is 12.8. The van der Waals surface area contributed by atoms with E-state index >= 15 is 0 Å². The van der Waals surface area contributed by atoms with Crippen LogP contribution in [0.1, 0.15) is 0 Å². The molecule has 0 unspecified atom stereocenters. The first kappa shape index (κ1) is 15.7. The largest absolute Gasteiger partial charge is 0.746 e. The normalized spacial score (nSPS) is 23.4. The highest BCUT2D eigenvalue weighted by molar-refractivity contribution is 8.07. The van der Waals surface area contributed by atoms with Gasteiger partial charge < -0.3 is 9.39 Å².